The number of hydrogen-bond donors (Lipinski definition) is 1. The largest absolute Gasteiger partial charge is 0.465 e. The average molecular weight is 348 g/mol. The maximum absolute atomic E-state index is 12.9. The molecule has 0 atom stereocenters. The third kappa shape index (κ3) is 3.31. The van der Waals surface area contributed by atoms with Crippen LogP contribution in [-0.2, 0) is 17.5 Å². The number of nitrogen functional groups attached to an aromatic ring is 1. The van der Waals surface area contributed by atoms with Gasteiger partial charge in [0, 0.05) is 29.3 Å². The molecule has 0 aliphatic carbocycles. The fourth-order valence-corrected chi connectivity index (χ4v) is 2.76. The highest BCUT2D eigenvalue weighted by molar-refractivity contribution is 6.05. The Kier molecular flexibility index (Phi) is 4.16. The molecule has 1 aromatic heterocycles. The van der Waals surface area contributed by atoms with Crippen molar-refractivity contribution in [2.45, 2.75) is 12.7 Å². The summed E-state index contributed by atoms with van der Waals surface area (Å²) >= 11 is 0. The van der Waals surface area contributed by atoms with E-state index in [4.69, 9.17) is 10.5 Å². The van der Waals surface area contributed by atoms with Gasteiger partial charge in [0.2, 0.25) is 0 Å². The highest BCUT2D eigenvalue weighted by atomic mass is 19.4. The van der Waals surface area contributed by atoms with Gasteiger partial charge in [-0.05, 0) is 35.9 Å². The van der Waals surface area contributed by atoms with Crippen LogP contribution < -0.4 is 5.73 Å². The summed E-state index contributed by atoms with van der Waals surface area (Å²) in [4.78, 5) is 12.0. The number of alkyl halides is 3. The highest BCUT2D eigenvalue weighted by Crippen LogP contribution is 2.30. The van der Waals surface area contributed by atoms with Crippen LogP contribution in [0.3, 0.4) is 0 Å². The zero-order valence-corrected chi connectivity index (χ0v) is 13.3. The third-order valence-electron chi connectivity index (χ3n) is 3.92. The van der Waals surface area contributed by atoms with Crippen molar-refractivity contribution in [3.63, 3.8) is 0 Å². The van der Waals surface area contributed by atoms with E-state index in [0.29, 0.717) is 27.7 Å². The molecule has 0 amide bonds. The molecule has 3 aromatic rings. The lowest BCUT2D eigenvalue weighted by molar-refractivity contribution is -0.137. The standard InChI is InChI=1S/C18H15F3N2O2/c1-25-17(24)15-10-23(16-6-5-13(22)8-14(15)16)9-11-3-2-4-12(7-11)18(19,20)21/h2-8,10H,9,22H2,1H3. The van der Waals surface area contributed by atoms with Crippen LogP contribution in [0.25, 0.3) is 10.9 Å². The van der Waals surface area contributed by atoms with Gasteiger partial charge in [0.05, 0.1) is 18.2 Å². The minimum absolute atomic E-state index is 0.182. The van der Waals surface area contributed by atoms with Gasteiger partial charge >= 0.3 is 12.1 Å². The van der Waals surface area contributed by atoms with Crippen molar-refractivity contribution in [1.29, 1.82) is 0 Å². The Balaban J connectivity index is 2.07. The van der Waals surface area contributed by atoms with Crippen molar-refractivity contribution in [3.05, 3.63) is 65.4 Å². The lowest BCUT2D eigenvalue weighted by atomic mass is 10.1. The number of benzene rings is 2. The number of carbonyl (C=O) groups is 1. The zero-order valence-electron chi connectivity index (χ0n) is 13.3. The van der Waals surface area contributed by atoms with Gasteiger partial charge in [-0.15, -0.1) is 0 Å². The van der Waals surface area contributed by atoms with E-state index in [1.165, 1.54) is 13.2 Å². The van der Waals surface area contributed by atoms with Crippen LogP contribution in [0.5, 0.6) is 0 Å². The van der Waals surface area contributed by atoms with Crippen LogP contribution in [-0.4, -0.2) is 17.6 Å². The fourth-order valence-electron chi connectivity index (χ4n) is 2.76. The lowest BCUT2D eigenvalue weighted by Gasteiger charge is -2.10. The predicted molar refractivity (Wildman–Crippen MR) is 88.2 cm³/mol. The number of halogens is 3. The zero-order chi connectivity index (χ0) is 18.2. The molecule has 0 bridgehead atoms. The SMILES string of the molecule is COC(=O)c1cn(Cc2cccc(C(F)(F)F)c2)c2ccc(N)cc12. The van der Waals surface area contributed by atoms with E-state index in [0.717, 1.165) is 12.1 Å². The number of aromatic nitrogens is 1. The number of fused-ring (bicyclic) bond motifs is 1. The van der Waals surface area contributed by atoms with Crippen LogP contribution in [0, 0.1) is 0 Å². The Morgan fingerprint density at radius 1 is 1.20 bits per heavy atom. The lowest BCUT2D eigenvalue weighted by Crippen LogP contribution is -2.06. The molecule has 2 aromatic carbocycles. The molecule has 1 heterocycles. The summed E-state index contributed by atoms with van der Waals surface area (Å²) in [6, 6.07) is 10.1. The fraction of sp³-hybridized carbons (Fsp3) is 0.167. The summed E-state index contributed by atoms with van der Waals surface area (Å²) in [5.74, 6) is -0.529. The topological polar surface area (TPSA) is 57.2 Å². The second-order valence-corrected chi connectivity index (χ2v) is 5.64. The van der Waals surface area contributed by atoms with Gasteiger partial charge in [0.25, 0.3) is 0 Å². The van der Waals surface area contributed by atoms with E-state index in [1.54, 1.807) is 35.0 Å². The van der Waals surface area contributed by atoms with Gasteiger partial charge in [-0.1, -0.05) is 12.1 Å². The first-order valence-corrected chi connectivity index (χ1v) is 7.42. The molecule has 2 N–H and O–H groups in total. The molecular weight excluding hydrogens is 333 g/mol. The van der Waals surface area contributed by atoms with Gasteiger partial charge in [-0.3, -0.25) is 0 Å². The van der Waals surface area contributed by atoms with Crippen LogP contribution in [0.1, 0.15) is 21.5 Å². The van der Waals surface area contributed by atoms with Crippen molar-refractivity contribution < 1.29 is 22.7 Å². The Morgan fingerprint density at radius 2 is 1.96 bits per heavy atom. The van der Waals surface area contributed by atoms with E-state index in [2.05, 4.69) is 0 Å². The van der Waals surface area contributed by atoms with E-state index in [9.17, 15) is 18.0 Å². The van der Waals surface area contributed by atoms with Gasteiger partial charge in [0.15, 0.2) is 0 Å². The summed E-state index contributed by atoms with van der Waals surface area (Å²) in [5, 5.41) is 0.596. The Bertz CT molecular complexity index is 945. The molecule has 3 rings (SSSR count). The van der Waals surface area contributed by atoms with Gasteiger partial charge in [-0.25, -0.2) is 4.79 Å². The van der Waals surface area contributed by atoms with Crippen molar-refractivity contribution in [2.75, 3.05) is 12.8 Å². The van der Waals surface area contributed by atoms with Gasteiger partial charge in [0.1, 0.15) is 0 Å². The van der Waals surface area contributed by atoms with Crippen molar-refractivity contribution >= 4 is 22.6 Å². The third-order valence-corrected chi connectivity index (χ3v) is 3.92. The van der Waals surface area contributed by atoms with Crippen molar-refractivity contribution in [2.24, 2.45) is 0 Å². The first-order chi connectivity index (χ1) is 11.8. The minimum Gasteiger partial charge on any atom is -0.465 e. The number of anilines is 1. The smallest absolute Gasteiger partial charge is 0.416 e. The minimum atomic E-state index is -4.40. The molecule has 0 fully saturated rings. The Labute approximate surface area is 141 Å². The monoisotopic (exact) mass is 348 g/mol. The summed E-state index contributed by atoms with van der Waals surface area (Å²) < 4.78 is 45.1. The molecule has 4 nitrogen and oxygen atoms in total. The van der Waals surface area contributed by atoms with Crippen LogP contribution in [0.4, 0.5) is 18.9 Å². The highest BCUT2D eigenvalue weighted by Gasteiger charge is 2.30. The maximum atomic E-state index is 12.9. The first-order valence-electron chi connectivity index (χ1n) is 7.42. The number of hydrogen-bond acceptors (Lipinski definition) is 3. The van der Waals surface area contributed by atoms with Crippen LogP contribution >= 0.6 is 0 Å². The van der Waals surface area contributed by atoms with Gasteiger partial charge < -0.3 is 15.0 Å². The first kappa shape index (κ1) is 16.9. The molecule has 7 heteroatoms. The molecule has 0 radical (unpaired) electrons. The molecule has 0 spiro atoms. The number of nitrogens with zero attached hydrogens (tertiary/aromatic N) is 1. The number of rotatable bonds is 3. The van der Waals surface area contributed by atoms with Crippen molar-refractivity contribution in [3.8, 4) is 0 Å². The predicted octanol–water partition coefficient (Wildman–Crippen LogP) is 4.08. The molecule has 130 valence electrons. The molecule has 25 heavy (non-hydrogen) atoms. The Hall–Kier alpha value is -2.96. The van der Waals surface area contributed by atoms with E-state index in [-0.39, 0.29) is 6.54 Å². The average Bonchev–Trinajstić information content (AvgIpc) is 2.91. The van der Waals surface area contributed by atoms with Crippen molar-refractivity contribution in [1.82, 2.24) is 4.57 Å². The van der Waals surface area contributed by atoms with E-state index in [1.807, 2.05) is 0 Å². The second-order valence-electron chi connectivity index (χ2n) is 5.64. The number of nitrogens with two attached hydrogens (primary N) is 1. The summed E-state index contributed by atoms with van der Waals surface area (Å²) in [6.45, 7) is 0.182. The van der Waals surface area contributed by atoms with Crippen LogP contribution in [0.2, 0.25) is 0 Å². The van der Waals surface area contributed by atoms with E-state index < -0.39 is 17.7 Å². The number of carbonyl (C=O) groups excluding carboxylic acids is 1. The van der Waals surface area contributed by atoms with Gasteiger partial charge in [-0.2, -0.15) is 13.2 Å². The second kappa shape index (κ2) is 6.16. The summed E-state index contributed by atoms with van der Waals surface area (Å²) in [6.07, 6.45) is -2.84. The molecular formula is C18H15F3N2O2. The molecule has 0 aliphatic rings. The Morgan fingerprint density at radius 3 is 2.64 bits per heavy atom. The number of esters is 1. The molecule has 0 unspecified atom stereocenters. The summed E-state index contributed by atoms with van der Waals surface area (Å²) in [5.41, 5.74) is 7.02. The number of methoxy groups -OCH3 is 1. The molecule has 0 saturated heterocycles. The maximum Gasteiger partial charge on any atom is 0.416 e. The summed E-state index contributed by atoms with van der Waals surface area (Å²) in [7, 11) is 1.27. The molecule has 0 aliphatic heterocycles. The van der Waals surface area contributed by atoms with Crippen LogP contribution in [0.15, 0.2) is 48.7 Å². The van der Waals surface area contributed by atoms with E-state index >= 15 is 0 Å². The normalized spacial score (nSPS) is 11.7. The quantitative estimate of drug-likeness (QED) is 0.573. The number of ether oxygens (including phenoxy) is 1. The molecule has 0 saturated carbocycles.